The van der Waals surface area contributed by atoms with Crippen molar-refractivity contribution < 1.29 is 9.53 Å². The molecule has 0 saturated heterocycles. The van der Waals surface area contributed by atoms with Gasteiger partial charge in [0.15, 0.2) is 5.84 Å². The van der Waals surface area contributed by atoms with Crippen molar-refractivity contribution in [3.8, 4) is 11.4 Å². The predicted octanol–water partition coefficient (Wildman–Crippen LogP) is 4.83. The molecular weight excluding hydrogens is 410 g/mol. The Morgan fingerprint density at radius 3 is 2.71 bits per heavy atom. The van der Waals surface area contributed by atoms with Crippen LogP contribution in [0.3, 0.4) is 0 Å². The lowest BCUT2D eigenvalue weighted by Crippen LogP contribution is -2.35. The molecule has 7 nitrogen and oxygen atoms in total. The summed E-state index contributed by atoms with van der Waals surface area (Å²) >= 11 is 1.37. The first-order chi connectivity index (χ1) is 14.8. The van der Waals surface area contributed by atoms with Crippen LogP contribution in [0.15, 0.2) is 39.9 Å². The van der Waals surface area contributed by atoms with Crippen molar-refractivity contribution in [2.75, 3.05) is 7.11 Å². The Labute approximate surface area is 186 Å². The summed E-state index contributed by atoms with van der Waals surface area (Å²) in [6.07, 6.45) is 3.50. The molecule has 160 valence electrons. The van der Waals surface area contributed by atoms with E-state index in [-0.39, 0.29) is 11.4 Å². The highest BCUT2D eigenvalue weighted by Crippen LogP contribution is 2.32. The van der Waals surface area contributed by atoms with Crippen LogP contribution in [0.4, 0.5) is 0 Å². The van der Waals surface area contributed by atoms with Crippen LogP contribution in [0.5, 0.6) is 5.75 Å². The van der Waals surface area contributed by atoms with Gasteiger partial charge in [0.2, 0.25) is 5.17 Å². The Balaban J connectivity index is 1.76. The predicted molar refractivity (Wildman–Crippen MR) is 126 cm³/mol. The highest BCUT2D eigenvalue weighted by atomic mass is 32.2. The van der Waals surface area contributed by atoms with Gasteiger partial charge in [0.05, 0.1) is 18.4 Å². The van der Waals surface area contributed by atoms with Crippen LogP contribution >= 0.6 is 11.8 Å². The fourth-order valence-corrected chi connectivity index (χ4v) is 4.77. The number of hydrogen-bond donors (Lipinski definition) is 1. The van der Waals surface area contributed by atoms with Crippen LogP contribution in [-0.4, -0.2) is 38.6 Å². The number of methoxy groups -OCH3 is 1. The highest BCUT2D eigenvalue weighted by Gasteiger charge is 2.35. The van der Waals surface area contributed by atoms with Crippen LogP contribution in [0.25, 0.3) is 11.8 Å². The topological polar surface area (TPSA) is 83.0 Å². The molecule has 1 amide bonds. The summed E-state index contributed by atoms with van der Waals surface area (Å²) in [4.78, 5) is 16.9. The summed E-state index contributed by atoms with van der Waals surface area (Å²) in [5.74, 6) is 0.426. The average molecular weight is 436 g/mol. The van der Waals surface area contributed by atoms with Crippen LogP contribution in [0, 0.1) is 26.2 Å². The van der Waals surface area contributed by atoms with Crippen molar-refractivity contribution in [1.29, 1.82) is 5.41 Å². The molecule has 0 bridgehead atoms. The molecule has 4 rings (SSSR count). The molecule has 1 N–H and O–H groups in total. The summed E-state index contributed by atoms with van der Waals surface area (Å²) in [6.45, 7) is 8.12. The van der Waals surface area contributed by atoms with Gasteiger partial charge < -0.3 is 9.30 Å². The minimum Gasteiger partial charge on any atom is -0.495 e. The van der Waals surface area contributed by atoms with Gasteiger partial charge in [-0.15, -0.1) is 0 Å². The summed E-state index contributed by atoms with van der Waals surface area (Å²) in [5, 5.41) is 15.9. The molecule has 0 unspecified atom stereocenters. The van der Waals surface area contributed by atoms with Crippen LogP contribution in [0.1, 0.15) is 42.3 Å². The molecular formula is C23H25N5O2S. The number of hydrogen-bond acceptors (Lipinski definition) is 5. The molecule has 0 fully saturated rings. The lowest BCUT2D eigenvalue weighted by Gasteiger charge is -2.20. The van der Waals surface area contributed by atoms with Gasteiger partial charge >= 0.3 is 0 Å². The van der Waals surface area contributed by atoms with Crippen molar-refractivity contribution in [1.82, 2.24) is 9.58 Å². The highest BCUT2D eigenvalue weighted by molar-refractivity contribution is 8.26. The molecule has 0 aliphatic carbocycles. The standard InChI is InChI=1S/C23H25N5O2S/c1-6-7-20-26-28-21(24)17(22(29)25-23(28)31-20)12-16-11-14(3)27(15(16)4)18-10-13(2)8-9-19(18)30-5/h8-12,24H,6-7H2,1-5H3. The second-order valence-corrected chi connectivity index (χ2v) is 8.64. The number of amidine groups is 2. The molecule has 0 saturated carbocycles. The van der Waals surface area contributed by atoms with Gasteiger partial charge in [-0.25, -0.2) is 0 Å². The number of ether oxygens (including phenoxy) is 1. The average Bonchev–Trinajstić information content (AvgIpc) is 3.25. The second kappa shape index (κ2) is 8.19. The van der Waals surface area contributed by atoms with E-state index in [9.17, 15) is 4.79 Å². The molecule has 8 heteroatoms. The van der Waals surface area contributed by atoms with Crippen molar-refractivity contribution in [2.24, 2.45) is 10.1 Å². The fourth-order valence-electron chi connectivity index (χ4n) is 3.78. The Kier molecular flexibility index (Phi) is 5.58. The van der Waals surface area contributed by atoms with E-state index in [4.69, 9.17) is 10.1 Å². The smallest absolute Gasteiger partial charge is 0.283 e. The first-order valence-electron chi connectivity index (χ1n) is 10.2. The van der Waals surface area contributed by atoms with Gasteiger partial charge in [-0.2, -0.15) is 15.1 Å². The van der Waals surface area contributed by atoms with Crippen LogP contribution in [-0.2, 0) is 4.79 Å². The third-order valence-corrected chi connectivity index (χ3v) is 6.27. The number of nitrogens with zero attached hydrogens (tertiary/aromatic N) is 4. The molecule has 1 aromatic heterocycles. The number of aryl methyl sites for hydroxylation is 2. The maximum Gasteiger partial charge on any atom is 0.283 e. The van der Waals surface area contributed by atoms with Crippen molar-refractivity contribution in [3.63, 3.8) is 0 Å². The summed E-state index contributed by atoms with van der Waals surface area (Å²) < 4.78 is 7.67. The molecule has 1 aromatic carbocycles. The number of amides is 1. The fraction of sp³-hybridized carbons (Fsp3) is 0.304. The number of aliphatic imine (C=N–C) groups is 1. The third-order valence-electron chi connectivity index (χ3n) is 5.31. The number of benzene rings is 1. The van der Waals surface area contributed by atoms with Gasteiger partial charge in [-0.3, -0.25) is 10.2 Å². The van der Waals surface area contributed by atoms with Gasteiger partial charge in [-0.1, -0.05) is 13.0 Å². The number of carbonyl (C=O) groups excluding carboxylic acids is 1. The first kappa shape index (κ1) is 21.1. The van der Waals surface area contributed by atoms with Crippen LogP contribution < -0.4 is 4.74 Å². The largest absolute Gasteiger partial charge is 0.495 e. The van der Waals surface area contributed by atoms with E-state index in [0.717, 1.165) is 51.8 Å². The lowest BCUT2D eigenvalue weighted by molar-refractivity contribution is -0.114. The molecule has 31 heavy (non-hydrogen) atoms. The minimum absolute atomic E-state index is 0.0616. The maximum atomic E-state index is 12.7. The van der Waals surface area contributed by atoms with Gasteiger partial charge in [-0.05, 0) is 80.8 Å². The zero-order valence-electron chi connectivity index (χ0n) is 18.3. The molecule has 0 atom stereocenters. The molecule has 3 heterocycles. The molecule has 2 aromatic rings. The maximum absolute atomic E-state index is 12.7. The van der Waals surface area contributed by atoms with E-state index < -0.39 is 5.91 Å². The van der Waals surface area contributed by atoms with E-state index in [1.54, 1.807) is 13.2 Å². The summed E-state index contributed by atoms with van der Waals surface area (Å²) in [6, 6.07) is 8.05. The zero-order valence-corrected chi connectivity index (χ0v) is 19.1. The van der Waals surface area contributed by atoms with Gasteiger partial charge in [0.1, 0.15) is 10.8 Å². The van der Waals surface area contributed by atoms with E-state index in [0.29, 0.717) is 5.17 Å². The summed E-state index contributed by atoms with van der Waals surface area (Å²) in [5.41, 5.74) is 5.13. The monoisotopic (exact) mass is 435 g/mol. The molecule has 2 aliphatic heterocycles. The number of hydrazone groups is 1. The number of nitrogens with one attached hydrogen (secondary N) is 1. The van der Waals surface area contributed by atoms with Gasteiger partial charge in [0, 0.05) is 11.4 Å². The summed E-state index contributed by atoms with van der Waals surface area (Å²) in [7, 11) is 1.66. The minimum atomic E-state index is -0.408. The second-order valence-electron chi connectivity index (χ2n) is 7.60. The number of rotatable bonds is 5. The zero-order chi connectivity index (χ0) is 22.3. The van der Waals surface area contributed by atoms with Crippen molar-refractivity contribution in [2.45, 2.75) is 40.5 Å². The Bertz CT molecular complexity index is 1190. The van der Waals surface area contributed by atoms with Crippen molar-refractivity contribution in [3.05, 3.63) is 52.4 Å². The molecule has 0 radical (unpaired) electrons. The lowest BCUT2D eigenvalue weighted by atomic mass is 10.1. The van der Waals surface area contributed by atoms with Crippen molar-refractivity contribution >= 4 is 39.8 Å². The Morgan fingerprint density at radius 2 is 2.00 bits per heavy atom. The molecule has 2 aliphatic rings. The number of carbonyl (C=O) groups is 1. The quantitative estimate of drug-likeness (QED) is 0.682. The van der Waals surface area contributed by atoms with E-state index >= 15 is 0 Å². The normalized spacial score (nSPS) is 17.2. The number of fused-ring (bicyclic) bond motifs is 1. The number of aromatic nitrogens is 1. The van der Waals surface area contributed by atoms with E-state index in [1.165, 1.54) is 16.8 Å². The van der Waals surface area contributed by atoms with Crippen LogP contribution in [0.2, 0.25) is 0 Å². The third kappa shape index (κ3) is 3.72. The first-order valence-corrected chi connectivity index (χ1v) is 11.0. The number of thioether (sulfide) groups is 1. The Morgan fingerprint density at radius 1 is 1.23 bits per heavy atom. The SMILES string of the molecule is CCCC1=NN2C(=N)C(=Cc3cc(C)n(-c4cc(C)ccc4OC)c3C)C(=O)N=C2S1. The van der Waals surface area contributed by atoms with E-state index in [1.807, 2.05) is 39.0 Å². The van der Waals surface area contributed by atoms with Gasteiger partial charge in [0.25, 0.3) is 5.91 Å². The Hall–Kier alpha value is -3.13. The molecule has 0 spiro atoms. The van der Waals surface area contributed by atoms with E-state index in [2.05, 4.69) is 27.7 Å².